The molecule has 3 aromatic rings. The van der Waals surface area contributed by atoms with Crippen LogP contribution in [-0.2, 0) is 21.2 Å². The van der Waals surface area contributed by atoms with E-state index >= 15 is 0 Å². The van der Waals surface area contributed by atoms with E-state index in [2.05, 4.69) is 9.71 Å². The molecule has 2 heterocycles. The number of fused-ring (bicyclic) bond motifs is 2. The first-order valence-electron chi connectivity index (χ1n) is 8.26. The number of anilines is 2. The van der Waals surface area contributed by atoms with Crippen LogP contribution in [0.1, 0.15) is 12.5 Å². The molecular weight excluding hydrogens is 402 g/mol. The Hall–Kier alpha value is -2.10. The predicted octanol–water partition coefficient (Wildman–Crippen LogP) is 3.73. The second kappa shape index (κ2) is 6.81. The average Bonchev–Trinajstić information content (AvgIpc) is 3.23. The fourth-order valence-electron chi connectivity index (χ4n) is 3.14. The van der Waals surface area contributed by atoms with Gasteiger partial charge in [0.15, 0.2) is 4.34 Å². The minimum atomic E-state index is -3.71. The summed E-state index contributed by atoms with van der Waals surface area (Å²) in [5, 5.41) is 0. The molecule has 0 radical (unpaired) electrons. The smallest absolute Gasteiger partial charge is 0.261 e. The predicted molar refractivity (Wildman–Crippen MR) is 110 cm³/mol. The van der Waals surface area contributed by atoms with Gasteiger partial charge < -0.3 is 4.90 Å². The zero-order valence-electron chi connectivity index (χ0n) is 14.7. The lowest BCUT2D eigenvalue weighted by Gasteiger charge is -2.15. The van der Waals surface area contributed by atoms with Crippen LogP contribution in [0.2, 0.25) is 0 Å². The van der Waals surface area contributed by atoms with Crippen molar-refractivity contribution in [2.75, 3.05) is 22.4 Å². The van der Waals surface area contributed by atoms with Gasteiger partial charge in [0.1, 0.15) is 0 Å². The summed E-state index contributed by atoms with van der Waals surface area (Å²) in [4.78, 5) is 18.0. The first kappa shape index (κ1) is 18.3. The van der Waals surface area contributed by atoms with E-state index in [1.54, 1.807) is 47.0 Å². The van der Waals surface area contributed by atoms with Crippen LogP contribution in [0.4, 0.5) is 11.4 Å². The van der Waals surface area contributed by atoms with E-state index in [1.807, 2.05) is 12.3 Å². The molecule has 0 unspecified atom stereocenters. The number of rotatable bonds is 4. The maximum Gasteiger partial charge on any atom is 0.261 e. The molecule has 0 aliphatic carbocycles. The van der Waals surface area contributed by atoms with E-state index in [9.17, 15) is 13.2 Å². The second-order valence-electron chi connectivity index (χ2n) is 6.18. The van der Waals surface area contributed by atoms with Crippen molar-refractivity contribution in [1.82, 2.24) is 4.98 Å². The van der Waals surface area contributed by atoms with E-state index in [-0.39, 0.29) is 10.8 Å². The number of amides is 1. The average molecular weight is 420 g/mol. The van der Waals surface area contributed by atoms with Crippen LogP contribution >= 0.6 is 23.1 Å². The minimum absolute atomic E-state index is 0.0371. The van der Waals surface area contributed by atoms with Gasteiger partial charge in [-0.2, -0.15) is 0 Å². The zero-order chi connectivity index (χ0) is 19.2. The standard InChI is InChI=1S/C18H17N3O3S3/c1-11(22)21-8-7-12-9-14(4-6-16(12)21)27(23,24)20-13-3-5-15-17(10-13)26-18(19-15)25-2/h3-6,9-10,20H,7-8H2,1-2H3. The number of carbonyl (C=O) groups is 1. The topological polar surface area (TPSA) is 79.4 Å². The van der Waals surface area contributed by atoms with Crippen LogP contribution in [0.25, 0.3) is 10.2 Å². The van der Waals surface area contributed by atoms with Gasteiger partial charge in [-0.1, -0.05) is 11.8 Å². The molecule has 140 valence electrons. The molecule has 6 nitrogen and oxygen atoms in total. The Bertz CT molecular complexity index is 1160. The zero-order valence-corrected chi connectivity index (χ0v) is 17.2. The van der Waals surface area contributed by atoms with Crippen LogP contribution < -0.4 is 9.62 Å². The maximum absolute atomic E-state index is 12.8. The SMILES string of the molecule is CSc1nc2ccc(NS(=O)(=O)c3ccc4c(c3)CCN4C(C)=O)cc2s1. The summed E-state index contributed by atoms with van der Waals surface area (Å²) in [7, 11) is -3.71. The van der Waals surface area contributed by atoms with Gasteiger partial charge in [0, 0.05) is 19.2 Å². The third-order valence-electron chi connectivity index (χ3n) is 4.43. The van der Waals surface area contributed by atoms with Crippen molar-refractivity contribution in [3.8, 4) is 0 Å². The Morgan fingerprint density at radius 3 is 2.81 bits per heavy atom. The molecular formula is C18H17N3O3S3. The normalized spacial score (nSPS) is 13.8. The van der Waals surface area contributed by atoms with E-state index in [0.717, 1.165) is 25.8 Å². The lowest BCUT2D eigenvalue weighted by molar-refractivity contribution is -0.116. The van der Waals surface area contributed by atoms with Crippen molar-refractivity contribution in [3.63, 3.8) is 0 Å². The van der Waals surface area contributed by atoms with Crippen LogP contribution in [0.15, 0.2) is 45.6 Å². The van der Waals surface area contributed by atoms with Gasteiger partial charge in [0.2, 0.25) is 5.91 Å². The molecule has 1 amide bonds. The number of thiazole rings is 1. The summed E-state index contributed by atoms with van der Waals surface area (Å²) < 4.78 is 30.1. The second-order valence-corrected chi connectivity index (χ2v) is 9.95. The number of hydrogen-bond donors (Lipinski definition) is 1. The van der Waals surface area contributed by atoms with Gasteiger partial charge in [-0.05, 0) is 54.6 Å². The molecule has 0 atom stereocenters. The Labute approximate surface area is 165 Å². The van der Waals surface area contributed by atoms with Gasteiger partial charge in [0.25, 0.3) is 10.0 Å². The molecule has 0 bridgehead atoms. The number of thioether (sulfide) groups is 1. The van der Waals surface area contributed by atoms with Crippen molar-refractivity contribution in [1.29, 1.82) is 0 Å². The summed E-state index contributed by atoms with van der Waals surface area (Å²) in [6.45, 7) is 2.10. The molecule has 2 aromatic carbocycles. The van der Waals surface area contributed by atoms with Crippen LogP contribution in [0.3, 0.4) is 0 Å². The highest BCUT2D eigenvalue weighted by molar-refractivity contribution is 8.00. The van der Waals surface area contributed by atoms with E-state index in [0.29, 0.717) is 18.7 Å². The molecule has 0 spiro atoms. The molecule has 0 saturated heterocycles. The van der Waals surface area contributed by atoms with E-state index in [4.69, 9.17) is 0 Å². The molecule has 9 heteroatoms. The molecule has 1 aliphatic rings. The van der Waals surface area contributed by atoms with Crippen LogP contribution in [-0.4, -0.2) is 32.1 Å². The Kier molecular flexibility index (Phi) is 4.61. The van der Waals surface area contributed by atoms with Gasteiger partial charge >= 0.3 is 0 Å². The van der Waals surface area contributed by atoms with E-state index < -0.39 is 10.0 Å². The van der Waals surface area contributed by atoms with Crippen molar-refractivity contribution in [2.45, 2.75) is 22.6 Å². The summed E-state index contributed by atoms with van der Waals surface area (Å²) >= 11 is 3.10. The summed E-state index contributed by atoms with van der Waals surface area (Å²) in [5.74, 6) is -0.0371. The number of nitrogens with one attached hydrogen (secondary N) is 1. The van der Waals surface area contributed by atoms with Crippen molar-refractivity contribution in [3.05, 3.63) is 42.0 Å². The number of nitrogens with zero attached hydrogens (tertiary/aromatic N) is 2. The molecule has 1 aliphatic heterocycles. The first-order valence-corrected chi connectivity index (χ1v) is 11.8. The fraction of sp³-hybridized carbons (Fsp3) is 0.222. The first-order chi connectivity index (χ1) is 12.9. The highest BCUT2D eigenvalue weighted by Crippen LogP contribution is 2.32. The summed E-state index contributed by atoms with van der Waals surface area (Å²) in [6.07, 6.45) is 2.62. The monoisotopic (exact) mass is 419 g/mol. The highest BCUT2D eigenvalue weighted by atomic mass is 32.2. The minimum Gasteiger partial charge on any atom is -0.312 e. The van der Waals surface area contributed by atoms with Gasteiger partial charge in [-0.15, -0.1) is 11.3 Å². The molecule has 27 heavy (non-hydrogen) atoms. The van der Waals surface area contributed by atoms with Gasteiger partial charge in [-0.25, -0.2) is 13.4 Å². The quantitative estimate of drug-likeness (QED) is 0.652. The number of aromatic nitrogens is 1. The number of carbonyl (C=O) groups excluding carboxylic acids is 1. The molecule has 1 N–H and O–H groups in total. The Balaban J connectivity index is 1.63. The van der Waals surface area contributed by atoms with Crippen LogP contribution in [0, 0.1) is 0 Å². The summed E-state index contributed by atoms with van der Waals surface area (Å²) in [5.41, 5.74) is 3.02. The third kappa shape index (κ3) is 3.42. The van der Waals surface area contributed by atoms with Crippen molar-refractivity contribution >= 4 is 60.6 Å². The summed E-state index contributed by atoms with van der Waals surface area (Å²) in [6, 6.07) is 10.2. The maximum atomic E-state index is 12.8. The van der Waals surface area contributed by atoms with Gasteiger partial charge in [0.05, 0.1) is 20.8 Å². The van der Waals surface area contributed by atoms with Crippen LogP contribution in [0.5, 0.6) is 0 Å². The van der Waals surface area contributed by atoms with E-state index in [1.165, 1.54) is 18.3 Å². The Morgan fingerprint density at radius 2 is 2.07 bits per heavy atom. The Morgan fingerprint density at radius 1 is 1.26 bits per heavy atom. The third-order valence-corrected chi connectivity index (χ3v) is 7.81. The van der Waals surface area contributed by atoms with Crippen molar-refractivity contribution < 1.29 is 13.2 Å². The molecule has 1 aromatic heterocycles. The largest absolute Gasteiger partial charge is 0.312 e. The van der Waals surface area contributed by atoms with Crippen molar-refractivity contribution in [2.24, 2.45) is 0 Å². The molecule has 0 saturated carbocycles. The molecule has 4 rings (SSSR count). The lowest BCUT2D eigenvalue weighted by Crippen LogP contribution is -2.25. The number of benzene rings is 2. The number of hydrogen-bond acceptors (Lipinski definition) is 6. The number of sulfonamides is 1. The molecule has 0 fully saturated rings. The fourth-order valence-corrected chi connectivity index (χ4v) is 5.77. The lowest BCUT2D eigenvalue weighted by atomic mass is 10.2. The van der Waals surface area contributed by atoms with Gasteiger partial charge in [-0.3, -0.25) is 9.52 Å². The highest BCUT2D eigenvalue weighted by Gasteiger charge is 2.25.